The van der Waals surface area contributed by atoms with E-state index in [2.05, 4.69) is 29.2 Å². The van der Waals surface area contributed by atoms with E-state index >= 15 is 0 Å². The molecule has 1 aliphatic heterocycles. The maximum atomic E-state index is 10.7. The minimum Gasteiger partial charge on any atom is -0.391 e. The van der Waals surface area contributed by atoms with E-state index in [1.54, 1.807) is 0 Å². The van der Waals surface area contributed by atoms with Crippen LogP contribution in [-0.2, 0) is 6.54 Å². The molecule has 5 rings (SSSR count). The van der Waals surface area contributed by atoms with Crippen molar-refractivity contribution in [2.45, 2.75) is 43.7 Å². The Morgan fingerprint density at radius 1 is 0.950 bits per heavy atom. The largest absolute Gasteiger partial charge is 0.391 e. The second kappa shape index (κ2) is 3.85. The molecule has 1 aromatic carbocycles. The summed E-state index contributed by atoms with van der Waals surface area (Å²) in [6.45, 7) is 0.868. The highest BCUT2D eigenvalue weighted by Gasteiger charge is 2.69. The van der Waals surface area contributed by atoms with Crippen LogP contribution < -0.4 is 0 Å². The molecule has 0 aromatic heterocycles. The molecule has 3 nitrogen and oxygen atoms in total. The smallest absolute Gasteiger partial charge is 0.0730 e. The number of nitrogens with zero attached hydrogens (tertiary/aromatic N) is 1. The fraction of sp³-hybridized carbons (Fsp3) is 0.647. The number of piperidine rings is 1. The molecule has 4 aliphatic rings. The summed E-state index contributed by atoms with van der Waals surface area (Å²) in [4.78, 5) is 2.43. The third-order valence-corrected chi connectivity index (χ3v) is 6.63. The van der Waals surface area contributed by atoms with E-state index < -0.39 is 0 Å². The van der Waals surface area contributed by atoms with Crippen molar-refractivity contribution in [3.05, 3.63) is 35.9 Å². The Morgan fingerprint density at radius 2 is 1.75 bits per heavy atom. The molecule has 4 fully saturated rings. The zero-order valence-corrected chi connectivity index (χ0v) is 11.5. The Labute approximate surface area is 119 Å². The summed E-state index contributed by atoms with van der Waals surface area (Å²) >= 11 is 0. The molecular weight excluding hydrogens is 250 g/mol. The zero-order valence-electron chi connectivity index (χ0n) is 11.5. The van der Waals surface area contributed by atoms with Crippen LogP contribution >= 0.6 is 0 Å². The molecule has 3 saturated carbocycles. The first-order chi connectivity index (χ1) is 9.75. The van der Waals surface area contributed by atoms with E-state index in [1.807, 2.05) is 6.07 Å². The van der Waals surface area contributed by atoms with E-state index in [9.17, 15) is 10.2 Å². The molecule has 2 N–H and O–H groups in total. The summed E-state index contributed by atoms with van der Waals surface area (Å²) in [6, 6.07) is 11.0. The number of benzene rings is 1. The van der Waals surface area contributed by atoms with Gasteiger partial charge in [-0.2, -0.15) is 0 Å². The summed E-state index contributed by atoms with van der Waals surface area (Å²) in [5.74, 6) is 2.03. The van der Waals surface area contributed by atoms with Crippen molar-refractivity contribution in [1.29, 1.82) is 0 Å². The van der Waals surface area contributed by atoms with Crippen LogP contribution in [-0.4, -0.2) is 39.4 Å². The lowest BCUT2D eigenvalue weighted by Crippen LogP contribution is -2.55. The first-order valence-corrected chi connectivity index (χ1v) is 7.91. The lowest BCUT2D eigenvalue weighted by molar-refractivity contribution is -0.0448. The molecule has 1 heterocycles. The SMILES string of the molecule is OC1C2C3CC4C2CC1N(Cc1ccccc1)C4C3O. The molecule has 0 amide bonds. The highest BCUT2D eigenvalue weighted by molar-refractivity contribution is 5.23. The first-order valence-electron chi connectivity index (χ1n) is 7.91. The fourth-order valence-electron chi connectivity index (χ4n) is 6.04. The maximum absolute atomic E-state index is 10.7. The van der Waals surface area contributed by atoms with Crippen LogP contribution in [0, 0.1) is 23.7 Å². The summed E-state index contributed by atoms with van der Waals surface area (Å²) in [7, 11) is 0. The van der Waals surface area contributed by atoms with Gasteiger partial charge in [-0.15, -0.1) is 0 Å². The van der Waals surface area contributed by atoms with Gasteiger partial charge in [-0.05, 0) is 42.1 Å². The summed E-state index contributed by atoms with van der Waals surface area (Å²) in [6.07, 6.45) is 1.84. The molecule has 1 aromatic rings. The van der Waals surface area contributed by atoms with Crippen molar-refractivity contribution in [3.8, 4) is 0 Å². The fourth-order valence-corrected chi connectivity index (χ4v) is 6.04. The molecule has 106 valence electrons. The lowest BCUT2D eigenvalue weighted by Gasteiger charge is -2.45. The van der Waals surface area contributed by atoms with E-state index in [0.717, 1.165) is 19.4 Å². The maximum Gasteiger partial charge on any atom is 0.0730 e. The van der Waals surface area contributed by atoms with Crippen LogP contribution in [0.5, 0.6) is 0 Å². The van der Waals surface area contributed by atoms with Gasteiger partial charge in [0.2, 0.25) is 0 Å². The first kappa shape index (κ1) is 11.7. The van der Waals surface area contributed by atoms with Gasteiger partial charge in [-0.25, -0.2) is 0 Å². The molecule has 4 bridgehead atoms. The van der Waals surface area contributed by atoms with Gasteiger partial charge in [0.15, 0.2) is 0 Å². The van der Waals surface area contributed by atoms with Crippen LogP contribution in [0.4, 0.5) is 0 Å². The summed E-state index contributed by atoms with van der Waals surface area (Å²) in [5.41, 5.74) is 1.29. The minimum absolute atomic E-state index is 0.218. The Balaban J connectivity index is 1.53. The van der Waals surface area contributed by atoms with E-state index in [4.69, 9.17) is 0 Å². The zero-order chi connectivity index (χ0) is 13.4. The van der Waals surface area contributed by atoms with Crippen molar-refractivity contribution in [2.75, 3.05) is 0 Å². The lowest BCUT2D eigenvalue weighted by atomic mass is 9.76. The average Bonchev–Trinajstić information content (AvgIpc) is 3.06. The molecule has 0 spiro atoms. The summed E-state index contributed by atoms with van der Waals surface area (Å²) in [5, 5.41) is 21.3. The van der Waals surface area contributed by atoms with Crippen LogP contribution in [0.15, 0.2) is 30.3 Å². The second-order valence-electron chi connectivity index (χ2n) is 7.24. The van der Waals surface area contributed by atoms with E-state index in [-0.39, 0.29) is 24.3 Å². The van der Waals surface area contributed by atoms with Gasteiger partial charge < -0.3 is 10.2 Å². The van der Waals surface area contributed by atoms with Gasteiger partial charge in [-0.1, -0.05) is 30.3 Å². The molecule has 3 aliphatic carbocycles. The van der Waals surface area contributed by atoms with Crippen LogP contribution in [0.25, 0.3) is 0 Å². The topological polar surface area (TPSA) is 43.7 Å². The van der Waals surface area contributed by atoms with Crippen molar-refractivity contribution < 1.29 is 10.2 Å². The van der Waals surface area contributed by atoms with Crippen LogP contribution in [0.2, 0.25) is 0 Å². The van der Waals surface area contributed by atoms with Gasteiger partial charge in [-0.3, -0.25) is 4.90 Å². The van der Waals surface area contributed by atoms with Gasteiger partial charge in [0.1, 0.15) is 0 Å². The van der Waals surface area contributed by atoms with Crippen molar-refractivity contribution in [1.82, 2.24) is 4.90 Å². The molecular formula is C17H21NO2. The molecule has 0 radical (unpaired) electrons. The molecule has 20 heavy (non-hydrogen) atoms. The Bertz CT molecular complexity index is 533. The van der Waals surface area contributed by atoms with E-state index in [1.165, 1.54) is 5.56 Å². The van der Waals surface area contributed by atoms with E-state index in [0.29, 0.717) is 23.7 Å². The number of fused-ring (bicyclic) bond motifs is 3. The van der Waals surface area contributed by atoms with Gasteiger partial charge in [0.25, 0.3) is 0 Å². The Hall–Kier alpha value is -0.900. The normalized spacial score (nSPS) is 52.1. The minimum atomic E-state index is -0.221. The van der Waals surface area contributed by atoms with Gasteiger partial charge >= 0.3 is 0 Å². The van der Waals surface area contributed by atoms with Crippen LogP contribution in [0.1, 0.15) is 18.4 Å². The molecule has 8 atom stereocenters. The highest BCUT2D eigenvalue weighted by atomic mass is 16.3. The van der Waals surface area contributed by atoms with Crippen LogP contribution in [0.3, 0.4) is 0 Å². The monoisotopic (exact) mass is 271 g/mol. The molecule has 3 heteroatoms. The number of likely N-dealkylation sites (tertiary alicyclic amines) is 1. The highest BCUT2D eigenvalue weighted by Crippen LogP contribution is 2.64. The second-order valence-corrected chi connectivity index (χ2v) is 7.24. The summed E-state index contributed by atoms with van der Waals surface area (Å²) < 4.78 is 0. The third-order valence-electron chi connectivity index (χ3n) is 6.63. The number of rotatable bonds is 2. The van der Waals surface area contributed by atoms with Crippen molar-refractivity contribution >= 4 is 0 Å². The Kier molecular flexibility index (Phi) is 2.25. The number of hydrogen-bond donors (Lipinski definition) is 2. The standard InChI is InChI=1S/C17H21NO2/c19-16-12-6-11-10-7-13(17(20)14(10)12)18(15(11)16)8-9-4-2-1-3-5-9/h1-5,10-17,19-20H,6-8H2. The molecule has 8 unspecified atom stereocenters. The number of aliphatic hydroxyl groups is 2. The number of aliphatic hydroxyl groups excluding tert-OH is 2. The third kappa shape index (κ3) is 1.27. The predicted molar refractivity (Wildman–Crippen MR) is 74.8 cm³/mol. The number of hydrogen-bond acceptors (Lipinski definition) is 3. The van der Waals surface area contributed by atoms with Crippen molar-refractivity contribution in [3.63, 3.8) is 0 Å². The quantitative estimate of drug-likeness (QED) is 0.851. The van der Waals surface area contributed by atoms with Gasteiger partial charge in [0.05, 0.1) is 12.2 Å². The van der Waals surface area contributed by atoms with Gasteiger partial charge in [0, 0.05) is 18.6 Å². The predicted octanol–water partition coefficient (Wildman–Crippen LogP) is 1.25. The Morgan fingerprint density at radius 3 is 2.55 bits per heavy atom. The molecule has 1 saturated heterocycles. The average molecular weight is 271 g/mol. The van der Waals surface area contributed by atoms with Crippen molar-refractivity contribution in [2.24, 2.45) is 23.7 Å².